The van der Waals surface area contributed by atoms with Crippen molar-refractivity contribution in [2.75, 3.05) is 18.2 Å². The third-order valence-corrected chi connectivity index (χ3v) is 3.30. The van der Waals surface area contributed by atoms with Crippen molar-refractivity contribution in [2.24, 2.45) is 0 Å². The van der Waals surface area contributed by atoms with Crippen molar-refractivity contribution in [1.82, 2.24) is 0 Å². The third-order valence-electron chi connectivity index (χ3n) is 3.30. The molecule has 0 bridgehead atoms. The summed E-state index contributed by atoms with van der Waals surface area (Å²) in [5.41, 5.74) is 0.992. The van der Waals surface area contributed by atoms with E-state index in [1.807, 2.05) is 35.2 Å². The van der Waals surface area contributed by atoms with Gasteiger partial charge in [-0.2, -0.15) is 0 Å². The molecule has 0 unspecified atom stereocenters. The molecule has 1 rings (SSSR count). The predicted octanol–water partition coefficient (Wildman–Crippen LogP) is 5.17. The van der Waals surface area contributed by atoms with Crippen LogP contribution in [0.1, 0.15) is 51.9 Å². The number of halogens is 1. The first-order valence-corrected chi connectivity index (χ1v) is 7.24. The Kier molecular flexibility index (Phi) is 8.28. The Bertz CT molecular complexity index is 286. The van der Waals surface area contributed by atoms with Gasteiger partial charge < -0.3 is 4.90 Å². The second-order valence-corrected chi connectivity index (χ2v) is 4.84. The fraction of sp³-hybridized carbons (Fsp3) is 0.625. The first-order valence-electron chi connectivity index (χ1n) is 7.24. The van der Waals surface area contributed by atoms with Gasteiger partial charge in [-0.05, 0) is 18.6 Å². The van der Waals surface area contributed by atoms with Crippen LogP contribution in [0.25, 0.3) is 0 Å². The maximum atomic E-state index is 12.9. The summed E-state index contributed by atoms with van der Waals surface area (Å²) in [6.45, 7) is 2.67. The molecule has 0 saturated heterocycles. The topological polar surface area (TPSA) is 3.24 Å². The normalized spacial score (nSPS) is 10.6. The maximum Gasteiger partial charge on any atom is 0.161 e. The Morgan fingerprint density at radius 2 is 1.50 bits per heavy atom. The molecular formula is C16H26FN. The Hall–Kier alpha value is -1.05. The highest BCUT2D eigenvalue weighted by Gasteiger charge is 2.04. The first kappa shape index (κ1) is 15.0. The Labute approximate surface area is 111 Å². The van der Waals surface area contributed by atoms with Gasteiger partial charge in [0.2, 0.25) is 0 Å². The van der Waals surface area contributed by atoms with Gasteiger partial charge in [-0.3, -0.25) is 0 Å². The van der Waals surface area contributed by atoms with Crippen molar-refractivity contribution in [2.45, 2.75) is 51.9 Å². The Balaban J connectivity index is 2.13. The van der Waals surface area contributed by atoms with Crippen LogP contribution in [0.15, 0.2) is 30.3 Å². The molecule has 0 atom stereocenters. The smallest absolute Gasteiger partial charge is 0.161 e. The lowest BCUT2D eigenvalue weighted by molar-refractivity contribution is 0.464. The van der Waals surface area contributed by atoms with Crippen LogP contribution in [0.5, 0.6) is 0 Å². The van der Waals surface area contributed by atoms with Gasteiger partial charge in [0.05, 0.1) is 0 Å². The second kappa shape index (κ2) is 9.93. The lowest BCUT2D eigenvalue weighted by Crippen LogP contribution is -2.22. The number of nitrogens with zero attached hydrogens (tertiary/aromatic N) is 1. The van der Waals surface area contributed by atoms with Crippen molar-refractivity contribution >= 4 is 5.69 Å². The van der Waals surface area contributed by atoms with Crippen molar-refractivity contribution < 1.29 is 4.39 Å². The van der Waals surface area contributed by atoms with Gasteiger partial charge in [-0.25, -0.2) is 4.39 Å². The van der Waals surface area contributed by atoms with Gasteiger partial charge in [0.15, 0.2) is 6.80 Å². The highest BCUT2D eigenvalue weighted by Crippen LogP contribution is 2.15. The van der Waals surface area contributed by atoms with E-state index in [0.717, 1.165) is 18.7 Å². The zero-order chi connectivity index (χ0) is 13.1. The molecule has 1 aromatic rings. The summed E-state index contributed by atoms with van der Waals surface area (Å²) in [7, 11) is 0. The molecule has 0 heterocycles. The second-order valence-electron chi connectivity index (χ2n) is 4.84. The van der Waals surface area contributed by atoms with Crippen molar-refractivity contribution in [3.05, 3.63) is 30.3 Å². The number of anilines is 1. The van der Waals surface area contributed by atoms with Crippen LogP contribution in [-0.2, 0) is 0 Å². The van der Waals surface area contributed by atoms with E-state index in [-0.39, 0.29) is 6.80 Å². The van der Waals surface area contributed by atoms with Crippen molar-refractivity contribution in [1.29, 1.82) is 0 Å². The molecule has 2 heteroatoms. The molecule has 1 nitrogen and oxygen atoms in total. The van der Waals surface area contributed by atoms with E-state index in [9.17, 15) is 4.39 Å². The van der Waals surface area contributed by atoms with Crippen LogP contribution in [0, 0.1) is 0 Å². The standard InChI is InChI=1S/C16H26FN/c1-2-3-4-5-6-7-11-14-18(15-17)16-12-9-8-10-13-16/h8-10,12-13H,2-7,11,14-15H2,1H3. The summed E-state index contributed by atoms with van der Waals surface area (Å²) in [5, 5.41) is 0. The molecule has 0 aliphatic heterocycles. The molecule has 102 valence electrons. The third kappa shape index (κ3) is 6.04. The predicted molar refractivity (Wildman–Crippen MR) is 77.8 cm³/mol. The molecule has 1 aromatic carbocycles. The Morgan fingerprint density at radius 1 is 0.889 bits per heavy atom. The summed E-state index contributed by atoms with van der Waals surface area (Å²) in [6, 6.07) is 9.83. The van der Waals surface area contributed by atoms with Crippen LogP contribution >= 0.6 is 0 Å². The summed E-state index contributed by atoms with van der Waals surface area (Å²) in [5.74, 6) is 0. The molecule has 0 amide bonds. The van der Waals surface area contributed by atoms with Gasteiger partial charge in [0, 0.05) is 12.2 Å². The van der Waals surface area contributed by atoms with Gasteiger partial charge in [-0.1, -0.05) is 63.6 Å². The molecule has 18 heavy (non-hydrogen) atoms. The monoisotopic (exact) mass is 251 g/mol. The van der Waals surface area contributed by atoms with Crippen LogP contribution in [0.2, 0.25) is 0 Å². The number of rotatable bonds is 10. The van der Waals surface area contributed by atoms with Gasteiger partial charge in [0.25, 0.3) is 0 Å². The Morgan fingerprint density at radius 3 is 2.11 bits per heavy atom. The molecule has 0 spiro atoms. The fourth-order valence-corrected chi connectivity index (χ4v) is 2.16. The number of hydrogen-bond acceptors (Lipinski definition) is 1. The van der Waals surface area contributed by atoms with E-state index in [0.29, 0.717) is 0 Å². The summed E-state index contributed by atoms with van der Waals surface area (Å²) < 4.78 is 12.9. The van der Waals surface area contributed by atoms with Crippen molar-refractivity contribution in [3.63, 3.8) is 0 Å². The van der Waals surface area contributed by atoms with Gasteiger partial charge >= 0.3 is 0 Å². The quantitative estimate of drug-likeness (QED) is 0.409. The number of para-hydroxylation sites is 1. The van der Waals surface area contributed by atoms with E-state index in [1.165, 1.54) is 38.5 Å². The number of alkyl halides is 1. The molecular weight excluding hydrogens is 225 g/mol. The van der Waals surface area contributed by atoms with Crippen LogP contribution in [0.3, 0.4) is 0 Å². The summed E-state index contributed by atoms with van der Waals surface area (Å²) in [6.07, 6.45) is 8.91. The molecule has 0 N–H and O–H groups in total. The van der Waals surface area contributed by atoms with E-state index >= 15 is 0 Å². The first-order chi connectivity index (χ1) is 8.88. The highest BCUT2D eigenvalue weighted by atomic mass is 19.1. The van der Waals surface area contributed by atoms with E-state index in [1.54, 1.807) is 0 Å². The molecule has 0 saturated carbocycles. The van der Waals surface area contributed by atoms with Gasteiger partial charge in [-0.15, -0.1) is 0 Å². The maximum absolute atomic E-state index is 12.9. The number of unbranched alkanes of at least 4 members (excludes halogenated alkanes) is 6. The average Bonchev–Trinajstić information content (AvgIpc) is 2.43. The fourth-order valence-electron chi connectivity index (χ4n) is 2.16. The lowest BCUT2D eigenvalue weighted by atomic mass is 10.1. The van der Waals surface area contributed by atoms with Crippen LogP contribution in [-0.4, -0.2) is 13.3 Å². The minimum atomic E-state index is -0.389. The molecule has 0 aliphatic rings. The van der Waals surface area contributed by atoms with Crippen LogP contribution in [0.4, 0.5) is 10.1 Å². The molecule has 0 fully saturated rings. The molecule has 0 aromatic heterocycles. The molecule has 0 aliphatic carbocycles. The minimum Gasteiger partial charge on any atom is -0.344 e. The number of benzene rings is 1. The van der Waals surface area contributed by atoms with E-state index in [4.69, 9.17) is 0 Å². The average molecular weight is 251 g/mol. The summed E-state index contributed by atoms with van der Waals surface area (Å²) >= 11 is 0. The lowest BCUT2D eigenvalue weighted by Gasteiger charge is -2.20. The van der Waals surface area contributed by atoms with Crippen molar-refractivity contribution in [3.8, 4) is 0 Å². The van der Waals surface area contributed by atoms with Gasteiger partial charge in [0.1, 0.15) is 0 Å². The van der Waals surface area contributed by atoms with E-state index < -0.39 is 0 Å². The summed E-state index contributed by atoms with van der Waals surface area (Å²) in [4.78, 5) is 1.81. The zero-order valence-corrected chi connectivity index (χ0v) is 11.6. The van der Waals surface area contributed by atoms with E-state index in [2.05, 4.69) is 6.92 Å². The number of hydrogen-bond donors (Lipinski definition) is 0. The zero-order valence-electron chi connectivity index (χ0n) is 11.6. The largest absolute Gasteiger partial charge is 0.344 e. The SMILES string of the molecule is CCCCCCCCCN(CF)c1ccccc1. The van der Waals surface area contributed by atoms with Crippen LogP contribution < -0.4 is 4.90 Å². The molecule has 0 radical (unpaired) electrons. The highest BCUT2D eigenvalue weighted by molar-refractivity contribution is 5.45. The minimum absolute atomic E-state index is 0.389.